The van der Waals surface area contributed by atoms with Crippen LogP contribution in [0.1, 0.15) is 282 Å². The van der Waals surface area contributed by atoms with Crippen LogP contribution < -0.4 is 52.8 Å². The van der Waals surface area contributed by atoms with Gasteiger partial charge in [-0.3, -0.25) is 0 Å². The number of hydrogen-bond donors (Lipinski definition) is 0. The van der Waals surface area contributed by atoms with E-state index >= 15 is 0 Å². The molecule has 0 unspecified atom stereocenters. The third kappa shape index (κ3) is 28.4. The summed E-state index contributed by atoms with van der Waals surface area (Å²) in [5, 5.41) is 15.1. The molecule has 13 heterocycles. The Morgan fingerprint density at radius 2 is 0.585 bits per heavy atom. The van der Waals surface area contributed by atoms with Crippen LogP contribution in [0.25, 0.3) is 82.0 Å². The Balaban J connectivity index is 0.000000174. The van der Waals surface area contributed by atoms with Gasteiger partial charge in [-0.05, 0) is 232 Å². The van der Waals surface area contributed by atoms with Crippen molar-refractivity contribution in [1.82, 2.24) is 17.5 Å². The summed E-state index contributed by atoms with van der Waals surface area (Å²) in [5.74, 6) is 0. The fourth-order valence-electron chi connectivity index (χ4n) is 21.5. The third-order valence-corrected chi connectivity index (χ3v) is 80.9. The van der Waals surface area contributed by atoms with Gasteiger partial charge in [-0.1, -0.05) is 286 Å². The molecule has 0 aliphatic carbocycles. The smallest absolute Gasteiger partial charge is 0.122 e. The molecule has 18 rings (SSSR count). The molecule has 10 aromatic heterocycles. The van der Waals surface area contributed by atoms with Crippen molar-refractivity contribution < 1.29 is 0 Å². The van der Waals surface area contributed by atoms with E-state index in [9.17, 15) is 0 Å². The minimum absolute atomic E-state index is 0.446. The van der Waals surface area contributed by atoms with Crippen LogP contribution >= 0.6 is 186 Å². The topological polar surface area (TPSA) is 51.6 Å². The number of aromatic nitrogens is 4. The van der Waals surface area contributed by atoms with E-state index in [1.807, 2.05) is 28.3 Å². The maximum Gasteiger partial charge on any atom is 0.122 e. The Hall–Kier alpha value is -2.06. The van der Waals surface area contributed by atoms with Crippen LogP contribution in [0.4, 0.5) is 0 Å². The number of hydrogen-bond acceptors (Lipinski definition) is 14. The monoisotopic (exact) mass is 2620 g/mol. The Morgan fingerprint density at radius 1 is 0.282 bits per heavy atom. The predicted octanol–water partition coefficient (Wildman–Crippen LogP) is 38.8. The summed E-state index contributed by atoms with van der Waals surface area (Å²) in [4.78, 5) is 34.6. The normalized spacial score (nSPS) is 13.4. The first-order valence-corrected chi connectivity index (χ1v) is 93.7. The van der Waals surface area contributed by atoms with Gasteiger partial charge in [0.1, 0.15) is 38.2 Å². The number of thiophene rings is 8. The molecule has 24 heteroatoms. The van der Waals surface area contributed by atoms with E-state index in [-0.39, 0.29) is 0 Å². The summed E-state index contributed by atoms with van der Waals surface area (Å²) < 4.78 is 26.8. The maximum absolute atomic E-state index is 5.19. The van der Waals surface area contributed by atoms with Gasteiger partial charge in [-0.15, -0.1) is 68.0 Å². The minimum Gasteiger partial charge on any atom is -0.172 e. The number of rotatable bonds is 48. The molecule has 0 saturated heterocycles. The molecule has 4 nitrogen and oxygen atoms in total. The van der Waals surface area contributed by atoms with Crippen LogP contribution in [0, 0.1) is 13.8 Å². The predicted molar refractivity (Wildman–Crippen MR) is 679 cm³/mol. The fourth-order valence-corrected chi connectivity index (χ4v) is 69.5. The van der Waals surface area contributed by atoms with Crippen LogP contribution in [0.2, 0.25) is 65.9 Å². The van der Waals surface area contributed by atoms with Crippen molar-refractivity contribution in [3.8, 4) is 59.9 Å². The number of benzene rings is 5. The van der Waals surface area contributed by atoms with Gasteiger partial charge in [0.25, 0.3) is 0 Å². The quantitative estimate of drug-likeness (QED) is 0.0217. The van der Waals surface area contributed by atoms with Gasteiger partial charge >= 0.3 is 212 Å². The van der Waals surface area contributed by atoms with E-state index < -0.39 is 68.9 Å². The SMILES string of the molecule is Brc1ccc(Br)c2nsnc12.CCCCCC[Si]1(CCCCCC)c2c[c]([Sn]([CH3])([CH3])[CH3])sc2-c2s[c]([Sn]([CH3])([CH3])[CH3])cc21.CCCCCCc1cc(-c2cc3c(s2)-c2sc(-c4ccc(-c5cc6c(s5)-c5sc(C)cc5[Si]6(CCCCCC)CCCCCC)c5nsnc45)cc2[Si]3(CCCCCC)CCCCCC)sc1C.CCCCCCc1cc(Br)sc1Br.c1ccc(P(c2ccccc2)c2ccccc2)cc1. The Labute approximate surface area is 941 Å². The van der Waals surface area contributed by atoms with Gasteiger partial charge in [-0.2, -0.15) is 17.5 Å². The molecule has 0 N–H and O–H groups in total. The maximum atomic E-state index is 5.19. The van der Waals surface area contributed by atoms with E-state index in [4.69, 9.17) is 8.75 Å². The summed E-state index contributed by atoms with van der Waals surface area (Å²) in [6, 6.07) is 71.0. The van der Waals surface area contributed by atoms with Crippen LogP contribution in [0.15, 0.2) is 180 Å². The van der Waals surface area contributed by atoms with Gasteiger partial charge in [0, 0.05) is 68.8 Å². The zero-order chi connectivity index (χ0) is 101. The van der Waals surface area contributed by atoms with E-state index in [0.29, 0.717) is 0 Å². The van der Waals surface area contributed by atoms with Crippen molar-refractivity contribution in [3.05, 3.63) is 201 Å². The van der Waals surface area contributed by atoms with Crippen LogP contribution in [0.3, 0.4) is 0 Å². The second-order valence-electron chi connectivity index (χ2n) is 42.1. The molecule has 3 aliphatic rings. The first kappa shape index (κ1) is 115. The van der Waals surface area contributed by atoms with Crippen molar-refractivity contribution in [2.75, 3.05) is 0 Å². The Kier molecular flexibility index (Phi) is 45.7. The summed E-state index contributed by atoms with van der Waals surface area (Å²) >= 11 is 29.1. The first-order chi connectivity index (χ1) is 68.8. The second-order valence-corrected chi connectivity index (χ2v) is 102. The molecule has 0 saturated carbocycles. The standard InChI is InChI=1S/C58H78N2S6Si2.C20H28S2Si.C18H15P.C10H14Br2S.C6H2Br2N2S.6CH3.2Sn/c1-8-13-18-23-28-42-36-47(62-41(42)7)48-39-52-58(65-48)57-51(68(52,33-26-21-16-11-4)34-27-22-17-12-5)38-46(64-57)44-30-29-43(53-54(44)60-66-59-53)45-37-50-56(63-45)55-49(35-40(6)61-55)67(50,31-24-19-14-9-2)32-25-20-15-10-3;1-3-5-7-9-15-23(16-10-8-6-4-2)17-11-13-21-19(17)20-18(23)12-14-22-20;1-4-10-16(11-5-1)19(17-12-6-2-7-13-17)18-14-8-3-9-15-18;1-2-3-4-5-6-8-7-9(11)13-10(8)12;7-3-1-2-4(8)6-5(3)9-11-10-6;;;;;;;;/h29-30,35-39H,8-28,31-34H2,1-7H3;11-12H,3-10,15-16H2,1-2H3;1-15H;7H,2-6H2,1H3;1-2H;6*1H3;;. The molecule has 0 radical (unpaired) electrons. The number of unbranched alkanes of at least 4 members (excludes halogenated alkanes) is 24. The van der Waals surface area contributed by atoms with Crippen molar-refractivity contribution in [3.63, 3.8) is 0 Å². The van der Waals surface area contributed by atoms with Gasteiger partial charge in [0.2, 0.25) is 0 Å². The molecule has 0 amide bonds. The van der Waals surface area contributed by atoms with Gasteiger partial charge in [-0.25, -0.2) is 0 Å². The average Bonchev–Trinajstić information content (AvgIpc) is 1.54. The average molecular weight is 2620 g/mol. The van der Waals surface area contributed by atoms with Crippen LogP contribution in [-0.4, -0.2) is 78.5 Å². The van der Waals surface area contributed by atoms with Crippen LogP contribution in [-0.2, 0) is 12.8 Å². The largest absolute Gasteiger partial charge is 0.172 e. The van der Waals surface area contributed by atoms with E-state index in [1.165, 1.54) is 347 Å². The third-order valence-electron chi connectivity index (χ3n) is 29.3. The molecule has 142 heavy (non-hydrogen) atoms. The van der Waals surface area contributed by atoms with Gasteiger partial charge in [0.15, 0.2) is 0 Å². The molecule has 0 spiro atoms. The molecular formula is C118H155Br4N4PS10Si3Sn2. The first-order valence-electron chi connectivity index (χ1n) is 54.0. The summed E-state index contributed by atoms with van der Waals surface area (Å²) in [5.41, 5.74) is 9.70. The number of halogens is 4. The molecule has 15 aromatic rings. The van der Waals surface area contributed by atoms with Crippen molar-refractivity contribution in [2.24, 2.45) is 0 Å². The molecular weight excluding hydrogens is 2470 g/mol. The number of nitrogens with zero attached hydrogens (tertiary/aromatic N) is 4. The van der Waals surface area contributed by atoms with E-state index in [2.05, 4.69) is 402 Å². The van der Waals surface area contributed by atoms with Crippen molar-refractivity contribution in [1.29, 1.82) is 0 Å². The second kappa shape index (κ2) is 56.2. The fraction of sp³-hybridized carbons (Fsp3) is 0.475. The summed E-state index contributed by atoms with van der Waals surface area (Å²) in [6.07, 6.45) is 46.0. The number of fused-ring (bicyclic) bond motifs is 11. The van der Waals surface area contributed by atoms with E-state index in [1.54, 1.807) is 66.9 Å². The van der Waals surface area contributed by atoms with Gasteiger partial charge < -0.3 is 0 Å². The van der Waals surface area contributed by atoms with Crippen LogP contribution in [0.5, 0.6) is 0 Å². The molecule has 3 aliphatic heterocycles. The van der Waals surface area contributed by atoms with E-state index in [0.717, 1.165) is 31.0 Å². The summed E-state index contributed by atoms with van der Waals surface area (Å²) in [6.45, 7) is 23.5. The summed E-state index contributed by atoms with van der Waals surface area (Å²) in [7, 11) is -5.96. The Morgan fingerprint density at radius 3 is 0.930 bits per heavy atom. The molecule has 5 aromatic carbocycles. The molecule has 0 fully saturated rings. The minimum atomic E-state index is -2.06. The van der Waals surface area contributed by atoms with Gasteiger partial charge in [0.05, 0.1) is 31.0 Å². The molecule has 0 atom stereocenters. The Bertz CT molecular complexity index is 6220. The molecule has 760 valence electrons. The molecule has 0 bridgehead atoms. The number of aryl methyl sites for hydroxylation is 4. The zero-order valence-electron chi connectivity index (χ0n) is 87.7. The van der Waals surface area contributed by atoms with Crippen molar-refractivity contribution >= 4 is 322 Å². The zero-order valence-corrected chi connectivity index (χ0v) is 112. The van der Waals surface area contributed by atoms with Crippen molar-refractivity contribution in [2.45, 2.75) is 353 Å².